The van der Waals surface area contributed by atoms with Crippen LogP contribution in [0.2, 0.25) is 0 Å². The molecule has 2 aliphatic heterocycles. The van der Waals surface area contributed by atoms with Crippen LogP contribution in [0.4, 0.5) is 0 Å². The maximum absolute atomic E-state index is 13.0. The molecule has 2 aliphatic carbocycles. The van der Waals surface area contributed by atoms with Crippen LogP contribution in [-0.4, -0.2) is 73.7 Å². The molecule has 0 aromatic heterocycles. The van der Waals surface area contributed by atoms with Gasteiger partial charge >= 0.3 is 0 Å². The predicted octanol–water partition coefficient (Wildman–Crippen LogP) is 2.10. The zero-order valence-electron chi connectivity index (χ0n) is 17.3. The Hall–Kier alpha value is -1.18. The number of amides is 1. The van der Waals surface area contributed by atoms with Gasteiger partial charge in [-0.05, 0) is 39.0 Å². The second kappa shape index (κ2) is 8.67. The average molecular weight is 394 g/mol. The van der Waals surface area contributed by atoms with Gasteiger partial charge < -0.3 is 24.5 Å². The standard InChI is InChI=1S/C21H35N3O4/c1-21(20(25)24-11-9-22-10-12-24)14-17(23-28-21)15-7-8-18(26-2)19(13-15)27-16-5-3-4-6-16/h15-16,18-19,22H,3-14H2,1-2H3. The SMILES string of the molecule is COC1CCC(C2=NOC(C)(C(=O)N3CCNCC3)C2)CC1OC1CCCC1. The van der Waals surface area contributed by atoms with Crippen molar-refractivity contribution in [2.75, 3.05) is 33.3 Å². The fourth-order valence-corrected chi connectivity index (χ4v) is 5.19. The molecular formula is C21H35N3O4. The highest BCUT2D eigenvalue weighted by molar-refractivity contribution is 5.96. The van der Waals surface area contributed by atoms with E-state index in [0.717, 1.165) is 51.2 Å². The van der Waals surface area contributed by atoms with Gasteiger partial charge in [-0.1, -0.05) is 18.0 Å². The Kier molecular flexibility index (Phi) is 6.23. The number of carbonyl (C=O) groups is 1. The molecule has 1 N–H and O–H groups in total. The van der Waals surface area contributed by atoms with Gasteiger partial charge in [-0.15, -0.1) is 0 Å². The van der Waals surface area contributed by atoms with Crippen molar-refractivity contribution in [2.24, 2.45) is 11.1 Å². The number of oxime groups is 1. The molecule has 4 aliphatic rings. The van der Waals surface area contributed by atoms with Crippen LogP contribution < -0.4 is 5.32 Å². The van der Waals surface area contributed by atoms with Crippen molar-refractivity contribution in [1.82, 2.24) is 10.2 Å². The lowest BCUT2D eigenvalue weighted by atomic mass is 9.79. The van der Waals surface area contributed by atoms with Gasteiger partial charge in [0.1, 0.15) is 0 Å². The third-order valence-electron chi connectivity index (χ3n) is 6.91. The minimum atomic E-state index is -0.855. The number of hydrogen-bond donors (Lipinski definition) is 1. The van der Waals surface area contributed by atoms with Gasteiger partial charge in [-0.3, -0.25) is 4.79 Å². The van der Waals surface area contributed by atoms with Gasteiger partial charge in [-0.2, -0.15) is 0 Å². The Labute approximate surface area is 168 Å². The van der Waals surface area contributed by atoms with Crippen LogP contribution in [0.15, 0.2) is 5.16 Å². The largest absolute Gasteiger partial charge is 0.379 e. The summed E-state index contributed by atoms with van der Waals surface area (Å²) in [5.41, 5.74) is 0.174. The molecule has 4 atom stereocenters. The highest BCUT2D eigenvalue weighted by Gasteiger charge is 2.47. The van der Waals surface area contributed by atoms with Crippen molar-refractivity contribution in [1.29, 1.82) is 0 Å². The van der Waals surface area contributed by atoms with Gasteiger partial charge in [0.25, 0.3) is 5.91 Å². The zero-order chi connectivity index (χ0) is 19.6. The predicted molar refractivity (Wildman–Crippen MR) is 106 cm³/mol. The van der Waals surface area contributed by atoms with Crippen LogP contribution in [-0.2, 0) is 19.1 Å². The summed E-state index contributed by atoms with van der Waals surface area (Å²) >= 11 is 0. The van der Waals surface area contributed by atoms with Gasteiger partial charge in [0.15, 0.2) is 0 Å². The molecule has 1 saturated heterocycles. The Morgan fingerprint density at radius 3 is 2.64 bits per heavy atom. The Balaban J connectivity index is 1.36. The van der Waals surface area contributed by atoms with E-state index < -0.39 is 5.60 Å². The van der Waals surface area contributed by atoms with Gasteiger partial charge in [-0.25, -0.2) is 0 Å². The molecule has 1 amide bonds. The number of rotatable bonds is 5. The first kappa shape index (κ1) is 20.1. The fraction of sp³-hybridized carbons (Fsp3) is 0.905. The average Bonchev–Trinajstić information content (AvgIpc) is 3.38. The molecule has 2 saturated carbocycles. The van der Waals surface area contributed by atoms with E-state index in [2.05, 4.69) is 10.5 Å². The third kappa shape index (κ3) is 4.21. The molecule has 3 fully saturated rings. The van der Waals surface area contributed by atoms with Crippen LogP contribution in [0.1, 0.15) is 58.3 Å². The molecular weight excluding hydrogens is 358 g/mol. The van der Waals surface area contributed by atoms with Crippen molar-refractivity contribution in [2.45, 2.75) is 82.2 Å². The summed E-state index contributed by atoms with van der Waals surface area (Å²) in [5, 5.41) is 7.69. The third-order valence-corrected chi connectivity index (χ3v) is 6.91. The first-order valence-electron chi connectivity index (χ1n) is 11.0. The van der Waals surface area contributed by atoms with E-state index in [9.17, 15) is 4.79 Å². The van der Waals surface area contributed by atoms with Crippen LogP contribution in [0.5, 0.6) is 0 Å². The normalized spacial score (nSPS) is 37.0. The summed E-state index contributed by atoms with van der Waals surface area (Å²) in [6.07, 6.45) is 9.02. The van der Waals surface area contributed by atoms with E-state index >= 15 is 0 Å². The minimum Gasteiger partial charge on any atom is -0.379 e. The summed E-state index contributed by atoms with van der Waals surface area (Å²) in [6.45, 7) is 5.06. The van der Waals surface area contributed by atoms with E-state index in [0.29, 0.717) is 18.4 Å². The lowest BCUT2D eigenvalue weighted by Gasteiger charge is -2.37. The summed E-state index contributed by atoms with van der Waals surface area (Å²) in [6, 6.07) is 0. The first-order valence-corrected chi connectivity index (χ1v) is 11.0. The van der Waals surface area contributed by atoms with Gasteiger partial charge in [0.05, 0.1) is 24.0 Å². The van der Waals surface area contributed by atoms with E-state index in [1.54, 1.807) is 7.11 Å². The highest BCUT2D eigenvalue weighted by Crippen LogP contribution is 2.37. The van der Waals surface area contributed by atoms with Gasteiger partial charge in [0, 0.05) is 45.6 Å². The highest BCUT2D eigenvalue weighted by atomic mass is 16.7. The Morgan fingerprint density at radius 2 is 1.93 bits per heavy atom. The second-order valence-corrected chi connectivity index (χ2v) is 8.99. The van der Waals surface area contributed by atoms with E-state index in [-0.39, 0.29) is 18.1 Å². The summed E-state index contributed by atoms with van der Waals surface area (Å²) in [5.74, 6) is 0.382. The number of nitrogens with one attached hydrogen (secondary N) is 1. The summed E-state index contributed by atoms with van der Waals surface area (Å²) in [7, 11) is 1.79. The lowest BCUT2D eigenvalue weighted by molar-refractivity contribution is -0.153. The number of methoxy groups -OCH3 is 1. The molecule has 2 heterocycles. The van der Waals surface area contributed by atoms with Crippen LogP contribution in [0, 0.1) is 5.92 Å². The van der Waals surface area contributed by atoms with Gasteiger partial charge in [0.2, 0.25) is 5.60 Å². The molecule has 0 aromatic carbocycles. The molecule has 7 nitrogen and oxygen atoms in total. The molecule has 158 valence electrons. The summed E-state index contributed by atoms with van der Waals surface area (Å²) in [4.78, 5) is 20.7. The quantitative estimate of drug-likeness (QED) is 0.774. The Bertz CT molecular complexity index is 586. The number of ether oxygens (including phenoxy) is 2. The molecule has 28 heavy (non-hydrogen) atoms. The van der Waals surface area contributed by atoms with Crippen LogP contribution in [0.3, 0.4) is 0 Å². The number of hydrogen-bond acceptors (Lipinski definition) is 6. The molecule has 0 bridgehead atoms. The van der Waals surface area contributed by atoms with E-state index in [4.69, 9.17) is 14.3 Å². The number of carbonyl (C=O) groups excluding carboxylic acids is 1. The lowest BCUT2D eigenvalue weighted by Crippen LogP contribution is -2.54. The second-order valence-electron chi connectivity index (χ2n) is 8.99. The molecule has 0 spiro atoms. The van der Waals surface area contributed by atoms with E-state index in [1.165, 1.54) is 25.7 Å². The first-order chi connectivity index (χ1) is 13.6. The zero-order valence-corrected chi connectivity index (χ0v) is 17.3. The smallest absolute Gasteiger partial charge is 0.269 e. The fourth-order valence-electron chi connectivity index (χ4n) is 5.19. The molecule has 0 aromatic rings. The topological polar surface area (TPSA) is 72.4 Å². The molecule has 4 unspecified atom stereocenters. The molecule has 4 rings (SSSR count). The van der Waals surface area contributed by atoms with Crippen molar-refractivity contribution in [3.05, 3.63) is 0 Å². The monoisotopic (exact) mass is 393 g/mol. The van der Waals surface area contributed by atoms with Crippen molar-refractivity contribution < 1.29 is 19.1 Å². The number of piperazine rings is 1. The maximum atomic E-state index is 13.0. The minimum absolute atomic E-state index is 0.0667. The number of nitrogens with zero attached hydrogens (tertiary/aromatic N) is 2. The molecule has 7 heteroatoms. The van der Waals surface area contributed by atoms with E-state index in [1.807, 2.05) is 11.8 Å². The van der Waals surface area contributed by atoms with Crippen LogP contribution >= 0.6 is 0 Å². The Morgan fingerprint density at radius 1 is 1.18 bits per heavy atom. The summed E-state index contributed by atoms with van der Waals surface area (Å²) < 4.78 is 12.2. The van der Waals surface area contributed by atoms with Crippen molar-refractivity contribution in [3.63, 3.8) is 0 Å². The maximum Gasteiger partial charge on any atom is 0.269 e. The van der Waals surface area contributed by atoms with Crippen molar-refractivity contribution in [3.8, 4) is 0 Å². The molecule has 0 radical (unpaired) electrons. The van der Waals surface area contributed by atoms with Crippen LogP contribution in [0.25, 0.3) is 0 Å². The van der Waals surface area contributed by atoms with Crippen molar-refractivity contribution >= 4 is 11.6 Å².